The topological polar surface area (TPSA) is 19.6 Å². The number of fused-ring (bicyclic) bond motifs is 6. The van der Waals surface area contributed by atoms with Crippen molar-refractivity contribution in [2.45, 2.75) is 0 Å². The van der Waals surface area contributed by atoms with Crippen molar-refractivity contribution >= 4 is 99.2 Å². The van der Waals surface area contributed by atoms with Crippen LogP contribution < -0.4 is 9.80 Å². The van der Waals surface area contributed by atoms with E-state index in [-0.39, 0.29) is 0 Å². The maximum absolute atomic E-state index is 7.07. The van der Waals surface area contributed by atoms with Gasteiger partial charge in [0.05, 0.1) is 5.02 Å². The Bertz CT molecular complexity index is 2500. The second-order valence-electron chi connectivity index (χ2n) is 11.5. The summed E-state index contributed by atoms with van der Waals surface area (Å²) in [6.07, 6.45) is 0. The molecule has 0 atom stereocenters. The van der Waals surface area contributed by atoms with Crippen molar-refractivity contribution in [2.75, 3.05) is 9.80 Å². The molecule has 7 aromatic carbocycles. The van der Waals surface area contributed by atoms with Gasteiger partial charge in [-0.25, -0.2) is 0 Å². The summed E-state index contributed by atoms with van der Waals surface area (Å²) < 4.78 is 8.79. The Morgan fingerprint density at radius 2 is 0.894 bits per heavy atom. The Morgan fingerprint density at radius 1 is 0.404 bits per heavy atom. The number of thiophene rings is 1. The van der Waals surface area contributed by atoms with Gasteiger partial charge in [-0.15, -0.1) is 11.3 Å². The number of hydrogen-bond donors (Lipinski definition) is 0. The molecule has 9 aromatic rings. The molecule has 0 bridgehead atoms. The van der Waals surface area contributed by atoms with E-state index in [9.17, 15) is 0 Å². The fourth-order valence-electron chi connectivity index (χ4n) is 6.58. The second-order valence-corrected chi connectivity index (χ2v) is 13.0. The highest BCUT2D eigenvalue weighted by Gasteiger charge is 2.20. The Labute approximate surface area is 281 Å². The van der Waals surface area contributed by atoms with Crippen LogP contribution in [0.3, 0.4) is 0 Å². The van der Waals surface area contributed by atoms with Crippen molar-refractivity contribution in [3.05, 3.63) is 169 Å². The van der Waals surface area contributed by atoms with Crippen LogP contribution in [0.15, 0.2) is 168 Å². The number of anilines is 6. The largest absolute Gasteiger partial charge is 0.456 e. The fourth-order valence-corrected chi connectivity index (χ4v) is 8.11. The van der Waals surface area contributed by atoms with Crippen molar-refractivity contribution in [1.82, 2.24) is 0 Å². The molecule has 0 spiro atoms. The number of furan rings is 1. The molecule has 2 aromatic heterocycles. The Kier molecular flexibility index (Phi) is 6.70. The molecule has 0 saturated heterocycles. The molecule has 0 radical (unpaired) electrons. The van der Waals surface area contributed by atoms with Crippen LogP contribution in [-0.2, 0) is 0 Å². The minimum absolute atomic E-state index is 0.747. The summed E-state index contributed by atoms with van der Waals surface area (Å²) >= 11 is 8.84. The maximum atomic E-state index is 7.07. The van der Waals surface area contributed by atoms with E-state index in [1.54, 1.807) is 11.3 Å². The monoisotopic (exact) mass is 642 g/mol. The zero-order valence-corrected chi connectivity index (χ0v) is 26.7. The summed E-state index contributed by atoms with van der Waals surface area (Å²) in [6, 6.07) is 57.1. The van der Waals surface area contributed by atoms with Crippen molar-refractivity contribution in [1.29, 1.82) is 0 Å². The third-order valence-electron chi connectivity index (χ3n) is 8.67. The van der Waals surface area contributed by atoms with Gasteiger partial charge in [-0.05, 0) is 91.0 Å². The molecule has 9 rings (SSSR count). The van der Waals surface area contributed by atoms with Gasteiger partial charge in [-0.3, -0.25) is 0 Å². The lowest BCUT2D eigenvalue weighted by molar-refractivity contribution is 0.669. The van der Waals surface area contributed by atoms with Crippen molar-refractivity contribution in [3.63, 3.8) is 0 Å². The fraction of sp³-hybridized carbons (Fsp3) is 0. The van der Waals surface area contributed by atoms with Gasteiger partial charge in [0, 0.05) is 65.1 Å². The lowest BCUT2D eigenvalue weighted by Gasteiger charge is -2.26. The van der Waals surface area contributed by atoms with Gasteiger partial charge in [-0.2, -0.15) is 0 Å². The predicted molar refractivity (Wildman–Crippen MR) is 201 cm³/mol. The van der Waals surface area contributed by atoms with Gasteiger partial charge < -0.3 is 14.2 Å². The van der Waals surface area contributed by atoms with E-state index in [1.165, 1.54) is 10.1 Å². The van der Waals surface area contributed by atoms with Crippen LogP contribution in [0.1, 0.15) is 0 Å². The standard InChI is InChI=1S/C42H27ClN2OS/c43-37-26-33(27-41-42(37)34-18-10-11-19-40(34)47-41)45(30-16-8-3-9-17-30)32-21-23-39-36(25-32)35-24-31(20-22-38(35)46-39)44(28-12-4-1-5-13-28)29-14-6-2-7-15-29/h1-27H. The Hall–Kier alpha value is -5.55. The quantitative estimate of drug-likeness (QED) is 0.180. The molecule has 0 N–H and O–H groups in total. The number of halogens is 1. The number of nitrogens with zero attached hydrogens (tertiary/aromatic N) is 2. The molecule has 0 aliphatic rings. The van der Waals surface area contributed by atoms with Crippen molar-refractivity contribution in [3.8, 4) is 0 Å². The Morgan fingerprint density at radius 3 is 1.45 bits per heavy atom. The van der Waals surface area contributed by atoms with E-state index >= 15 is 0 Å². The van der Waals surface area contributed by atoms with E-state index in [0.717, 1.165) is 71.2 Å². The van der Waals surface area contributed by atoms with Crippen LogP contribution in [0, 0.1) is 0 Å². The van der Waals surface area contributed by atoms with Gasteiger partial charge >= 0.3 is 0 Å². The molecule has 0 aliphatic heterocycles. The lowest BCUT2D eigenvalue weighted by atomic mass is 10.1. The number of rotatable bonds is 6. The van der Waals surface area contributed by atoms with E-state index in [0.29, 0.717) is 0 Å². The highest BCUT2D eigenvalue weighted by Crippen LogP contribution is 2.45. The zero-order chi connectivity index (χ0) is 31.3. The van der Waals surface area contributed by atoms with Crippen molar-refractivity contribution in [2.24, 2.45) is 0 Å². The molecule has 0 saturated carbocycles. The highest BCUT2D eigenvalue weighted by atomic mass is 35.5. The van der Waals surface area contributed by atoms with E-state index in [4.69, 9.17) is 16.0 Å². The van der Waals surface area contributed by atoms with Gasteiger partial charge in [0.2, 0.25) is 0 Å². The lowest BCUT2D eigenvalue weighted by Crippen LogP contribution is -2.10. The predicted octanol–water partition coefficient (Wildman–Crippen LogP) is 13.5. The molecule has 5 heteroatoms. The molecular formula is C42H27ClN2OS. The van der Waals surface area contributed by atoms with E-state index in [2.05, 4.69) is 155 Å². The van der Waals surface area contributed by atoms with Crippen LogP contribution >= 0.6 is 22.9 Å². The minimum Gasteiger partial charge on any atom is -0.456 e. The first-order chi connectivity index (χ1) is 23.2. The third kappa shape index (κ3) is 4.81. The summed E-state index contributed by atoms with van der Waals surface area (Å²) in [5.74, 6) is 0. The first kappa shape index (κ1) is 27.7. The van der Waals surface area contributed by atoms with Crippen LogP contribution in [0.5, 0.6) is 0 Å². The molecular weight excluding hydrogens is 616 g/mol. The summed E-state index contributed by atoms with van der Waals surface area (Å²) in [5.41, 5.74) is 8.02. The average Bonchev–Trinajstić information content (AvgIpc) is 3.68. The Balaban J connectivity index is 1.23. The number of hydrogen-bond acceptors (Lipinski definition) is 4. The van der Waals surface area contributed by atoms with Gasteiger partial charge in [-0.1, -0.05) is 84.4 Å². The molecule has 224 valence electrons. The molecule has 3 nitrogen and oxygen atoms in total. The zero-order valence-electron chi connectivity index (χ0n) is 25.2. The smallest absolute Gasteiger partial charge is 0.135 e. The second kappa shape index (κ2) is 11.4. The first-order valence-corrected chi connectivity index (χ1v) is 16.7. The average molecular weight is 643 g/mol. The van der Waals surface area contributed by atoms with Crippen LogP contribution in [0.25, 0.3) is 42.1 Å². The molecule has 0 unspecified atom stereocenters. The summed E-state index contributed by atoms with van der Waals surface area (Å²) in [4.78, 5) is 4.55. The van der Waals surface area contributed by atoms with E-state index in [1.807, 2.05) is 18.2 Å². The summed E-state index contributed by atoms with van der Waals surface area (Å²) in [5, 5.41) is 5.15. The van der Waals surface area contributed by atoms with Crippen molar-refractivity contribution < 1.29 is 4.42 Å². The summed E-state index contributed by atoms with van der Waals surface area (Å²) in [6.45, 7) is 0. The summed E-state index contributed by atoms with van der Waals surface area (Å²) in [7, 11) is 0. The molecule has 0 fully saturated rings. The number of benzene rings is 7. The van der Waals surface area contributed by atoms with Gasteiger partial charge in [0.1, 0.15) is 11.2 Å². The normalized spacial score (nSPS) is 11.5. The minimum atomic E-state index is 0.747. The van der Waals surface area contributed by atoms with Crippen LogP contribution in [0.4, 0.5) is 34.1 Å². The molecule has 0 aliphatic carbocycles. The van der Waals surface area contributed by atoms with Gasteiger partial charge in [0.15, 0.2) is 0 Å². The maximum Gasteiger partial charge on any atom is 0.135 e. The number of para-hydroxylation sites is 3. The highest BCUT2D eigenvalue weighted by molar-refractivity contribution is 7.26. The SMILES string of the molecule is Clc1cc(N(c2ccccc2)c2ccc3oc4ccc(N(c5ccccc5)c5ccccc5)cc4c3c2)cc2sc3ccccc3c12. The molecule has 0 amide bonds. The van der Waals surface area contributed by atoms with Gasteiger partial charge in [0.25, 0.3) is 0 Å². The van der Waals surface area contributed by atoms with E-state index < -0.39 is 0 Å². The third-order valence-corrected chi connectivity index (χ3v) is 10.1. The van der Waals surface area contributed by atoms with Crippen LogP contribution in [-0.4, -0.2) is 0 Å². The molecule has 2 heterocycles. The molecule has 47 heavy (non-hydrogen) atoms. The first-order valence-electron chi connectivity index (χ1n) is 15.5. The van der Waals surface area contributed by atoms with Crippen LogP contribution in [0.2, 0.25) is 5.02 Å².